The lowest BCUT2D eigenvalue weighted by molar-refractivity contribution is 0.0790. The highest BCUT2D eigenvalue weighted by Crippen LogP contribution is 2.31. The van der Waals surface area contributed by atoms with Gasteiger partial charge in [-0.05, 0) is 36.8 Å². The van der Waals surface area contributed by atoms with Crippen LogP contribution < -0.4 is 5.32 Å². The molecule has 0 bridgehead atoms. The van der Waals surface area contributed by atoms with Crippen LogP contribution in [0.25, 0.3) is 22.6 Å². The highest BCUT2D eigenvalue weighted by Gasteiger charge is 2.20. The maximum absolute atomic E-state index is 13.5. The van der Waals surface area contributed by atoms with E-state index in [0.717, 1.165) is 28.5 Å². The van der Waals surface area contributed by atoms with Crippen molar-refractivity contribution >= 4 is 5.95 Å². The van der Waals surface area contributed by atoms with Crippen LogP contribution in [0.2, 0.25) is 0 Å². The molecule has 1 N–H and O–H groups in total. The number of aromatic nitrogens is 5. The quantitative estimate of drug-likeness (QED) is 0.477. The largest absolute Gasteiger partial charge is 0.359 e. The highest BCUT2D eigenvalue weighted by atomic mass is 19.1. The first-order valence-electron chi connectivity index (χ1n) is 9.74. The lowest BCUT2D eigenvalue weighted by Gasteiger charge is -2.10. The maximum Gasteiger partial charge on any atom is 0.203 e. The second-order valence-electron chi connectivity index (χ2n) is 6.78. The molecule has 0 unspecified atom stereocenters. The number of halogens is 1. The summed E-state index contributed by atoms with van der Waals surface area (Å²) in [6, 6.07) is 16.4. The fraction of sp³-hybridized carbons (Fsp3) is 0.227. The summed E-state index contributed by atoms with van der Waals surface area (Å²) < 4.78 is 22.6. The maximum atomic E-state index is 13.5. The van der Waals surface area contributed by atoms with Crippen LogP contribution in [0.4, 0.5) is 10.3 Å². The van der Waals surface area contributed by atoms with Gasteiger partial charge in [-0.25, -0.2) is 14.1 Å². The fourth-order valence-electron chi connectivity index (χ4n) is 3.22. The van der Waals surface area contributed by atoms with E-state index in [9.17, 15) is 4.39 Å². The molecule has 0 atom stereocenters. The second kappa shape index (κ2) is 8.87. The van der Waals surface area contributed by atoms with Crippen molar-refractivity contribution in [3.05, 3.63) is 72.2 Å². The van der Waals surface area contributed by atoms with Crippen molar-refractivity contribution in [2.24, 2.45) is 7.05 Å². The molecule has 4 aromatic rings. The Bertz CT molecular complexity index is 1100. The number of hydrogen-bond donors (Lipinski definition) is 1. The summed E-state index contributed by atoms with van der Waals surface area (Å²) in [5.41, 5.74) is 4.17. The van der Waals surface area contributed by atoms with Crippen molar-refractivity contribution in [1.29, 1.82) is 0 Å². The number of nitrogens with zero attached hydrogens (tertiary/aromatic N) is 5. The molecule has 0 aliphatic rings. The van der Waals surface area contributed by atoms with Gasteiger partial charge in [0.1, 0.15) is 23.9 Å². The first-order valence-corrected chi connectivity index (χ1v) is 9.74. The third-order valence-electron chi connectivity index (χ3n) is 4.79. The average Bonchev–Trinajstić information content (AvgIpc) is 3.35. The first-order chi connectivity index (χ1) is 14.7. The zero-order chi connectivity index (χ0) is 20.9. The smallest absolute Gasteiger partial charge is 0.203 e. The third-order valence-corrected chi connectivity index (χ3v) is 4.79. The van der Waals surface area contributed by atoms with Crippen LogP contribution in [0, 0.1) is 5.82 Å². The standard InChI is InChI=1S/C22H23FN6O/c1-3-30-15-29-21(17-9-11-18(23)12-10-17)20(26-27-29)19-14-25-22(28(19)2)24-13-16-7-5-4-6-8-16/h4-12,14H,3,13,15H2,1-2H3,(H,24,25). The minimum atomic E-state index is -0.294. The summed E-state index contributed by atoms with van der Waals surface area (Å²) >= 11 is 0. The Kier molecular flexibility index (Phi) is 5.85. The fourth-order valence-corrected chi connectivity index (χ4v) is 3.22. The molecule has 0 fully saturated rings. The molecule has 0 amide bonds. The number of rotatable bonds is 8. The van der Waals surface area contributed by atoms with Gasteiger partial charge in [-0.2, -0.15) is 0 Å². The van der Waals surface area contributed by atoms with Gasteiger partial charge in [-0.1, -0.05) is 35.5 Å². The van der Waals surface area contributed by atoms with E-state index < -0.39 is 0 Å². The Morgan fingerprint density at radius 3 is 2.57 bits per heavy atom. The van der Waals surface area contributed by atoms with Gasteiger partial charge in [0, 0.05) is 25.8 Å². The molecule has 0 saturated carbocycles. The molecule has 2 heterocycles. The molecule has 154 valence electrons. The summed E-state index contributed by atoms with van der Waals surface area (Å²) in [7, 11) is 1.92. The van der Waals surface area contributed by atoms with E-state index in [0.29, 0.717) is 18.8 Å². The first kappa shape index (κ1) is 19.8. The molecule has 2 aromatic carbocycles. The summed E-state index contributed by atoms with van der Waals surface area (Å²) in [6.07, 6.45) is 1.76. The molecular formula is C22H23FN6O. The molecule has 7 nitrogen and oxygen atoms in total. The Labute approximate surface area is 174 Å². The summed E-state index contributed by atoms with van der Waals surface area (Å²) in [6.45, 7) is 3.39. The van der Waals surface area contributed by atoms with Crippen LogP contribution in [0.3, 0.4) is 0 Å². The number of ether oxygens (including phenoxy) is 1. The zero-order valence-electron chi connectivity index (χ0n) is 16.9. The SMILES string of the molecule is CCOCn1nnc(-c2cnc(NCc3ccccc3)n2C)c1-c1ccc(F)cc1. The van der Waals surface area contributed by atoms with Crippen molar-refractivity contribution in [2.75, 3.05) is 11.9 Å². The predicted octanol–water partition coefficient (Wildman–Crippen LogP) is 4.09. The average molecular weight is 406 g/mol. The number of hydrogen-bond acceptors (Lipinski definition) is 5. The van der Waals surface area contributed by atoms with Crippen LogP contribution >= 0.6 is 0 Å². The number of anilines is 1. The number of imidazole rings is 1. The third kappa shape index (κ3) is 4.08. The van der Waals surface area contributed by atoms with Crippen molar-refractivity contribution in [3.8, 4) is 22.6 Å². The van der Waals surface area contributed by atoms with Gasteiger partial charge in [0.15, 0.2) is 0 Å². The summed E-state index contributed by atoms with van der Waals surface area (Å²) in [5, 5.41) is 12.0. The van der Waals surface area contributed by atoms with Crippen molar-refractivity contribution in [3.63, 3.8) is 0 Å². The summed E-state index contributed by atoms with van der Waals surface area (Å²) in [5.74, 6) is 0.426. The Hall–Kier alpha value is -3.52. The van der Waals surface area contributed by atoms with Gasteiger partial charge >= 0.3 is 0 Å². The number of benzene rings is 2. The van der Waals surface area contributed by atoms with Crippen LogP contribution in [-0.4, -0.2) is 31.2 Å². The van der Waals surface area contributed by atoms with Crippen LogP contribution in [0.15, 0.2) is 60.8 Å². The van der Waals surface area contributed by atoms with Crippen LogP contribution in [0.1, 0.15) is 12.5 Å². The normalized spacial score (nSPS) is 11.0. The van der Waals surface area contributed by atoms with E-state index in [-0.39, 0.29) is 12.5 Å². The van der Waals surface area contributed by atoms with E-state index >= 15 is 0 Å². The van der Waals surface area contributed by atoms with Crippen molar-refractivity contribution in [2.45, 2.75) is 20.2 Å². The van der Waals surface area contributed by atoms with Gasteiger partial charge in [0.05, 0.1) is 11.9 Å². The molecule has 0 saturated heterocycles. The number of nitrogens with one attached hydrogen (secondary N) is 1. The molecule has 0 aliphatic carbocycles. The topological polar surface area (TPSA) is 69.8 Å². The van der Waals surface area contributed by atoms with Gasteiger partial charge in [0.2, 0.25) is 5.95 Å². The van der Waals surface area contributed by atoms with Gasteiger partial charge in [-0.3, -0.25) is 0 Å². The molecule has 30 heavy (non-hydrogen) atoms. The monoisotopic (exact) mass is 406 g/mol. The minimum Gasteiger partial charge on any atom is -0.359 e. The zero-order valence-corrected chi connectivity index (χ0v) is 16.9. The van der Waals surface area contributed by atoms with Crippen molar-refractivity contribution in [1.82, 2.24) is 24.5 Å². The summed E-state index contributed by atoms with van der Waals surface area (Å²) in [4.78, 5) is 4.51. The molecule has 0 aliphatic heterocycles. The van der Waals surface area contributed by atoms with E-state index in [4.69, 9.17) is 4.74 Å². The molecule has 0 spiro atoms. The molecule has 8 heteroatoms. The molecule has 4 rings (SSSR count). The molecular weight excluding hydrogens is 383 g/mol. The minimum absolute atomic E-state index is 0.257. The van der Waals surface area contributed by atoms with Gasteiger partial charge in [0.25, 0.3) is 0 Å². The van der Waals surface area contributed by atoms with Crippen molar-refractivity contribution < 1.29 is 9.13 Å². The van der Waals surface area contributed by atoms with E-state index in [1.54, 1.807) is 23.0 Å². The highest BCUT2D eigenvalue weighted by molar-refractivity contribution is 5.76. The van der Waals surface area contributed by atoms with Gasteiger partial charge < -0.3 is 14.6 Å². The lowest BCUT2D eigenvalue weighted by Crippen LogP contribution is -2.07. The van der Waals surface area contributed by atoms with Crippen LogP contribution in [-0.2, 0) is 25.1 Å². The predicted molar refractivity (Wildman–Crippen MR) is 113 cm³/mol. The van der Waals surface area contributed by atoms with E-state index in [2.05, 4.69) is 32.7 Å². The Morgan fingerprint density at radius 2 is 1.83 bits per heavy atom. The van der Waals surface area contributed by atoms with E-state index in [1.807, 2.05) is 36.7 Å². The second-order valence-corrected chi connectivity index (χ2v) is 6.78. The molecule has 2 aromatic heterocycles. The van der Waals surface area contributed by atoms with Crippen LogP contribution in [0.5, 0.6) is 0 Å². The molecule has 0 radical (unpaired) electrons. The van der Waals surface area contributed by atoms with E-state index in [1.165, 1.54) is 12.1 Å². The Balaban J connectivity index is 1.67. The Morgan fingerprint density at radius 1 is 1.07 bits per heavy atom. The van der Waals surface area contributed by atoms with Gasteiger partial charge in [-0.15, -0.1) is 5.10 Å². The lowest BCUT2D eigenvalue weighted by atomic mass is 10.1.